The van der Waals surface area contributed by atoms with Gasteiger partial charge in [-0.2, -0.15) is 0 Å². The molecular weight excluding hydrogens is 262 g/mol. The fourth-order valence-electron chi connectivity index (χ4n) is 2.95. The van der Waals surface area contributed by atoms with Gasteiger partial charge in [0.1, 0.15) is 5.82 Å². The van der Waals surface area contributed by atoms with E-state index in [9.17, 15) is 5.11 Å². The molecule has 1 saturated heterocycles. The maximum Gasteiger partial charge on any atom is 0.126 e. The average molecular weight is 283 g/mol. The van der Waals surface area contributed by atoms with Gasteiger partial charge in [0, 0.05) is 31.4 Å². The maximum absolute atomic E-state index is 10.8. The molecule has 0 atom stereocenters. The van der Waals surface area contributed by atoms with Crippen molar-refractivity contribution in [3.05, 3.63) is 54.2 Å². The lowest BCUT2D eigenvalue weighted by atomic mass is 9.85. The molecule has 3 N–H and O–H groups in total. The third kappa shape index (κ3) is 3.16. The number of pyridine rings is 1. The molecule has 3 rings (SSSR count). The van der Waals surface area contributed by atoms with E-state index in [1.165, 1.54) is 5.69 Å². The van der Waals surface area contributed by atoms with Crippen molar-refractivity contribution < 1.29 is 5.11 Å². The number of piperidine rings is 1. The van der Waals surface area contributed by atoms with Crippen molar-refractivity contribution in [1.29, 1.82) is 0 Å². The second-order valence-electron chi connectivity index (χ2n) is 5.77. The largest absolute Gasteiger partial charge is 0.389 e. The van der Waals surface area contributed by atoms with Gasteiger partial charge in [0.25, 0.3) is 0 Å². The van der Waals surface area contributed by atoms with Crippen LogP contribution in [0.1, 0.15) is 18.4 Å². The van der Waals surface area contributed by atoms with Crippen LogP contribution in [0.15, 0.2) is 48.7 Å². The van der Waals surface area contributed by atoms with E-state index in [-0.39, 0.29) is 0 Å². The highest BCUT2D eigenvalue weighted by Crippen LogP contribution is 2.30. The zero-order chi connectivity index (χ0) is 14.7. The van der Waals surface area contributed by atoms with Crippen molar-refractivity contribution >= 4 is 11.5 Å². The topological polar surface area (TPSA) is 62.4 Å². The molecule has 4 nitrogen and oxygen atoms in total. The second kappa shape index (κ2) is 5.74. The number of nitrogens with two attached hydrogens (primary N) is 1. The molecule has 0 spiro atoms. The number of nitrogens with zero attached hydrogens (tertiary/aromatic N) is 2. The molecule has 2 aromatic rings. The Morgan fingerprint density at radius 2 is 1.81 bits per heavy atom. The summed E-state index contributed by atoms with van der Waals surface area (Å²) in [5.41, 5.74) is 7.36. The molecule has 0 radical (unpaired) electrons. The molecule has 4 heteroatoms. The number of hydrogen-bond acceptors (Lipinski definition) is 4. The quantitative estimate of drug-likeness (QED) is 0.907. The molecule has 1 aromatic heterocycles. The third-order valence-corrected chi connectivity index (χ3v) is 4.26. The van der Waals surface area contributed by atoms with Crippen LogP contribution in [0.5, 0.6) is 0 Å². The van der Waals surface area contributed by atoms with Crippen molar-refractivity contribution in [1.82, 2.24) is 4.98 Å². The summed E-state index contributed by atoms with van der Waals surface area (Å²) < 4.78 is 0. The molecule has 1 aliphatic heterocycles. The Hall–Kier alpha value is -2.07. The molecule has 1 aliphatic rings. The number of para-hydroxylation sites is 1. The first-order valence-corrected chi connectivity index (χ1v) is 7.38. The predicted molar refractivity (Wildman–Crippen MR) is 85.2 cm³/mol. The molecule has 0 amide bonds. The van der Waals surface area contributed by atoms with Crippen LogP contribution in [0.3, 0.4) is 0 Å². The van der Waals surface area contributed by atoms with Gasteiger partial charge in [-0.3, -0.25) is 0 Å². The van der Waals surface area contributed by atoms with Gasteiger partial charge in [-0.1, -0.05) is 24.3 Å². The number of hydrogen-bond donors (Lipinski definition) is 2. The van der Waals surface area contributed by atoms with Crippen molar-refractivity contribution in [2.75, 3.05) is 23.7 Å². The Balaban J connectivity index is 1.66. The first kappa shape index (κ1) is 13.9. The van der Waals surface area contributed by atoms with E-state index in [1.54, 1.807) is 6.20 Å². The summed E-state index contributed by atoms with van der Waals surface area (Å²) in [5, 5.41) is 10.8. The Morgan fingerprint density at radius 3 is 2.48 bits per heavy atom. The Kier molecular flexibility index (Phi) is 3.80. The SMILES string of the molecule is Nc1ncccc1CC1(O)CCN(c2ccccc2)CC1. The lowest BCUT2D eigenvalue weighted by Crippen LogP contribution is -2.45. The summed E-state index contributed by atoms with van der Waals surface area (Å²) in [4.78, 5) is 6.42. The molecule has 110 valence electrons. The highest BCUT2D eigenvalue weighted by Gasteiger charge is 2.33. The van der Waals surface area contributed by atoms with Gasteiger partial charge in [0.05, 0.1) is 5.60 Å². The average Bonchev–Trinajstić information content (AvgIpc) is 2.51. The first-order chi connectivity index (χ1) is 10.2. The Labute approximate surface area is 125 Å². The number of nitrogen functional groups attached to an aromatic ring is 1. The number of anilines is 2. The normalized spacial score (nSPS) is 17.7. The summed E-state index contributed by atoms with van der Waals surface area (Å²) in [5.74, 6) is 0.524. The number of rotatable bonds is 3. The summed E-state index contributed by atoms with van der Waals surface area (Å²) >= 11 is 0. The summed E-state index contributed by atoms with van der Waals surface area (Å²) in [7, 11) is 0. The summed E-state index contributed by atoms with van der Waals surface area (Å²) in [6, 6.07) is 14.2. The molecular formula is C17H21N3O. The van der Waals surface area contributed by atoms with Crippen molar-refractivity contribution in [3.8, 4) is 0 Å². The van der Waals surface area contributed by atoms with Crippen molar-refractivity contribution in [2.24, 2.45) is 0 Å². The molecule has 0 unspecified atom stereocenters. The molecule has 1 aromatic carbocycles. The van der Waals surface area contributed by atoms with Gasteiger partial charge in [0.2, 0.25) is 0 Å². The van der Waals surface area contributed by atoms with E-state index in [2.05, 4.69) is 22.0 Å². The number of benzene rings is 1. The summed E-state index contributed by atoms with van der Waals surface area (Å²) in [6.45, 7) is 1.72. The predicted octanol–water partition coefficient (Wildman–Crippen LogP) is 2.24. The van der Waals surface area contributed by atoms with E-state index in [1.807, 2.05) is 30.3 Å². The minimum Gasteiger partial charge on any atom is -0.389 e. The Bertz CT molecular complexity index is 592. The zero-order valence-electron chi connectivity index (χ0n) is 12.1. The standard InChI is InChI=1S/C17H21N3O/c18-16-14(5-4-10-19-16)13-17(21)8-11-20(12-9-17)15-6-2-1-3-7-15/h1-7,10,21H,8-9,11-13H2,(H2,18,19). The van der Waals surface area contributed by atoms with Crippen LogP contribution in [0, 0.1) is 0 Å². The number of aromatic nitrogens is 1. The lowest BCUT2D eigenvalue weighted by Gasteiger charge is -2.39. The molecule has 0 bridgehead atoms. The second-order valence-corrected chi connectivity index (χ2v) is 5.77. The van der Waals surface area contributed by atoms with Crippen molar-refractivity contribution in [2.45, 2.75) is 24.9 Å². The van der Waals surface area contributed by atoms with E-state index >= 15 is 0 Å². The van der Waals surface area contributed by atoms with E-state index in [4.69, 9.17) is 5.73 Å². The fourth-order valence-corrected chi connectivity index (χ4v) is 2.95. The monoisotopic (exact) mass is 283 g/mol. The van der Waals surface area contributed by atoms with Crippen LogP contribution in [0.2, 0.25) is 0 Å². The van der Waals surface area contributed by atoms with Crippen LogP contribution < -0.4 is 10.6 Å². The zero-order valence-corrected chi connectivity index (χ0v) is 12.1. The van der Waals surface area contributed by atoms with Crippen LogP contribution in [-0.2, 0) is 6.42 Å². The summed E-state index contributed by atoms with van der Waals surface area (Å²) in [6.07, 6.45) is 3.75. The van der Waals surface area contributed by atoms with Gasteiger partial charge < -0.3 is 15.7 Å². The fraction of sp³-hybridized carbons (Fsp3) is 0.353. The van der Waals surface area contributed by atoms with E-state index in [0.29, 0.717) is 12.2 Å². The van der Waals surface area contributed by atoms with E-state index in [0.717, 1.165) is 31.5 Å². The van der Waals surface area contributed by atoms with Gasteiger partial charge in [-0.25, -0.2) is 4.98 Å². The highest BCUT2D eigenvalue weighted by molar-refractivity contribution is 5.47. The van der Waals surface area contributed by atoms with Crippen LogP contribution in [-0.4, -0.2) is 28.8 Å². The van der Waals surface area contributed by atoms with Gasteiger partial charge in [0.15, 0.2) is 0 Å². The van der Waals surface area contributed by atoms with Crippen LogP contribution in [0.25, 0.3) is 0 Å². The van der Waals surface area contributed by atoms with Gasteiger partial charge >= 0.3 is 0 Å². The van der Waals surface area contributed by atoms with E-state index < -0.39 is 5.60 Å². The lowest BCUT2D eigenvalue weighted by molar-refractivity contribution is 0.0166. The molecule has 2 heterocycles. The minimum atomic E-state index is -0.678. The maximum atomic E-state index is 10.8. The molecule has 21 heavy (non-hydrogen) atoms. The van der Waals surface area contributed by atoms with Crippen LogP contribution >= 0.6 is 0 Å². The third-order valence-electron chi connectivity index (χ3n) is 4.26. The van der Waals surface area contributed by atoms with Gasteiger partial charge in [-0.05, 0) is 36.6 Å². The molecule has 0 aliphatic carbocycles. The van der Waals surface area contributed by atoms with Crippen molar-refractivity contribution in [3.63, 3.8) is 0 Å². The van der Waals surface area contributed by atoms with Crippen LogP contribution in [0.4, 0.5) is 11.5 Å². The Morgan fingerprint density at radius 1 is 1.10 bits per heavy atom. The number of aliphatic hydroxyl groups is 1. The smallest absolute Gasteiger partial charge is 0.126 e. The molecule has 0 saturated carbocycles. The minimum absolute atomic E-state index is 0.524. The molecule has 1 fully saturated rings. The van der Waals surface area contributed by atoms with Gasteiger partial charge in [-0.15, -0.1) is 0 Å². The highest BCUT2D eigenvalue weighted by atomic mass is 16.3. The first-order valence-electron chi connectivity index (χ1n) is 7.38.